The van der Waals surface area contributed by atoms with Crippen molar-refractivity contribution in [2.75, 3.05) is 39.4 Å². The van der Waals surface area contributed by atoms with Gasteiger partial charge in [0.15, 0.2) is 0 Å². The van der Waals surface area contributed by atoms with Gasteiger partial charge >= 0.3 is 0 Å². The minimum Gasteiger partial charge on any atom is -0.380 e. The maximum absolute atomic E-state index is 5.43. The molecule has 66 valence electrons. The van der Waals surface area contributed by atoms with Crippen LogP contribution in [0.5, 0.6) is 0 Å². The van der Waals surface area contributed by atoms with Gasteiger partial charge in [-0.05, 0) is 25.9 Å². The Morgan fingerprint density at radius 2 is 2.18 bits per heavy atom. The highest BCUT2D eigenvalue weighted by atomic mass is 16.5. The van der Waals surface area contributed by atoms with Crippen molar-refractivity contribution < 1.29 is 4.74 Å². The lowest BCUT2D eigenvalue weighted by atomic mass is 10.3. The summed E-state index contributed by atoms with van der Waals surface area (Å²) in [5.41, 5.74) is 5.43. The zero-order valence-electron chi connectivity index (χ0n) is 7.09. The van der Waals surface area contributed by atoms with Crippen molar-refractivity contribution in [3.05, 3.63) is 0 Å². The van der Waals surface area contributed by atoms with Crippen molar-refractivity contribution in [2.45, 2.75) is 12.8 Å². The molecule has 0 radical (unpaired) electrons. The maximum Gasteiger partial charge on any atom is 0.0593 e. The maximum atomic E-state index is 5.43. The monoisotopic (exact) mass is 158 g/mol. The van der Waals surface area contributed by atoms with Crippen LogP contribution in [0.4, 0.5) is 0 Å². The van der Waals surface area contributed by atoms with Crippen LogP contribution < -0.4 is 5.73 Å². The van der Waals surface area contributed by atoms with E-state index >= 15 is 0 Å². The van der Waals surface area contributed by atoms with Crippen molar-refractivity contribution in [1.82, 2.24) is 4.90 Å². The van der Waals surface area contributed by atoms with Gasteiger partial charge in [-0.15, -0.1) is 0 Å². The summed E-state index contributed by atoms with van der Waals surface area (Å²) in [7, 11) is 0. The lowest BCUT2D eigenvalue weighted by Crippen LogP contribution is -2.28. The molecule has 2 N–H and O–H groups in total. The minimum absolute atomic E-state index is 0.803. The molecule has 0 aromatic rings. The molecule has 1 saturated heterocycles. The molecule has 0 saturated carbocycles. The van der Waals surface area contributed by atoms with Crippen LogP contribution in [0, 0.1) is 0 Å². The molecule has 3 heteroatoms. The van der Waals surface area contributed by atoms with Crippen LogP contribution in [-0.4, -0.2) is 44.3 Å². The van der Waals surface area contributed by atoms with Crippen LogP contribution in [0.15, 0.2) is 0 Å². The third-order valence-corrected chi connectivity index (χ3v) is 1.99. The third kappa shape index (κ3) is 3.70. The van der Waals surface area contributed by atoms with E-state index in [4.69, 9.17) is 10.5 Å². The van der Waals surface area contributed by atoms with Crippen molar-refractivity contribution >= 4 is 0 Å². The summed E-state index contributed by atoms with van der Waals surface area (Å²) in [4.78, 5) is 2.43. The number of rotatable bonds is 3. The second-order valence-electron chi connectivity index (χ2n) is 2.95. The summed E-state index contributed by atoms with van der Waals surface area (Å²) in [6, 6.07) is 0. The van der Waals surface area contributed by atoms with E-state index in [1.165, 1.54) is 13.0 Å². The summed E-state index contributed by atoms with van der Waals surface area (Å²) < 4.78 is 5.33. The molecule has 1 aliphatic rings. The Labute approximate surface area is 68.5 Å². The molecule has 3 nitrogen and oxygen atoms in total. The fourth-order valence-corrected chi connectivity index (χ4v) is 1.34. The predicted molar refractivity (Wildman–Crippen MR) is 45.5 cm³/mol. The molecule has 0 atom stereocenters. The van der Waals surface area contributed by atoms with Gasteiger partial charge in [0.25, 0.3) is 0 Å². The summed E-state index contributed by atoms with van der Waals surface area (Å²) in [5, 5.41) is 0. The van der Waals surface area contributed by atoms with E-state index in [0.717, 1.165) is 39.3 Å². The lowest BCUT2D eigenvalue weighted by Gasteiger charge is -2.17. The van der Waals surface area contributed by atoms with Gasteiger partial charge in [0.05, 0.1) is 6.61 Å². The molecule has 0 aliphatic carbocycles. The first kappa shape index (κ1) is 8.97. The minimum atomic E-state index is 0.803. The molecular formula is C8H18N2O. The molecule has 0 aromatic carbocycles. The Bertz CT molecular complexity index is 90.1. The Morgan fingerprint density at radius 3 is 3.00 bits per heavy atom. The van der Waals surface area contributed by atoms with E-state index in [2.05, 4.69) is 4.90 Å². The summed E-state index contributed by atoms with van der Waals surface area (Å²) >= 11 is 0. The Morgan fingerprint density at radius 1 is 1.27 bits per heavy atom. The molecular weight excluding hydrogens is 140 g/mol. The third-order valence-electron chi connectivity index (χ3n) is 1.99. The van der Waals surface area contributed by atoms with E-state index in [1.54, 1.807) is 0 Å². The Kier molecular flexibility index (Phi) is 4.50. The van der Waals surface area contributed by atoms with Gasteiger partial charge in [0.1, 0.15) is 0 Å². The molecule has 0 spiro atoms. The summed E-state index contributed by atoms with van der Waals surface area (Å²) in [6.45, 7) is 6.03. The number of hydrogen-bond donors (Lipinski definition) is 1. The van der Waals surface area contributed by atoms with Crippen LogP contribution in [0.2, 0.25) is 0 Å². The largest absolute Gasteiger partial charge is 0.380 e. The fraction of sp³-hybridized carbons (Fsp3) is 1.00. The number of nitrogens with zero attached hydrogens (tertiary/aromatic N) is 1. The molecule has 11 heavy (non-hydrogen) atoms. The topological polar surface area (TPSA) is 38.5 Å². The van der Waals surface area contributed by atoms with E-state index < -0.39 is 0 Å². The van der Waals surface area contributed by atoms with Crippen LogP contribution in [0.25, 0.3) is 0 Å². The van der Waals surface area contributed by atoms with Crippen molar-refractivity contribution in [1.29, 1.82) is 0 Å². The van der Waals surface area contributed by atoms with Crippen LogP contribution >= 0.6 is 0 Å². The zero-order chi connectivity index (χ0) is 7.94. The van der Waals surface area contributed by atoms with Gasteiger partial charge in [-0.2, -0.15) is 0 Å². The number of hydrogen-bond acceptors (Lipinski definition) is 3. The highest BCUT2D eigenvalue weighted by Gasteiger charge is 2.07. The SMILES string of the molecule is NCCCN1CCCOCC1. The van der Waals surface area contributed by atoms with E-state index in [9.17, 15) is 0 Å². The van der Waals surface area contributed by atoms with Gasteiger partial charge in [0, 0.05) is 19.7 Å². The molecule has 0 amide bonds. The average Bonchev–Trinajstić information content (AvgIpc) is 2.28. The van der Waals surface area contributed by atoms with E-state index in [-0.39, 0.29) is 0 Å². The number of ether oxygens (including phenoxy) is 1. The fourth-order valence-electron chi connectivity index (χ4n) is 1.34. The molecule has 1 rings (SSSR count). The van der Waals surface area contributed by atoms with Crippen LogP contribution in [0.1, 0.15) is 12.8 Å². The van der Waals surface area contributed by atoms with E-state index in [0.29, 0.717) is 0 Å². The van der Waals surface area contributed by atoms with Crippen LogP contribution in [-0.2, 0) is 4.74 Å². The van der Waals surface area contributed by atoms with Crippen LogP contribution in [0.3, 0.4) is 0 Å². The first-order valence-corrected chi connectivity index (χ1v) is 4.43. The standard InChI is InChI=1S/C8H18N2O/c9-3-1-4-10-5-2-7-11-8-6-10/h1-9H2. The highest BCUT2D eigenvalue weighted by molar-refractivity contribution is 4.60. The van der Waals surface area contributed by atoms with Gasteiger partial charge in [-0.3, -0.25) is 0 Å². The molecule has 0 aromatic heterocycles. The Balaban J connectivity index is 2.09. The molecule has 0 bridgehead atoms. The van der Waals surface area contributed by atoms with Crippen molar-refractivity contribution in [3.8, 4) is 0 Å². The van der Waals surface area contributed by atoms with Gasteiger partial charge in [-0.25, -0.2) is 0 Å². The van der Waals surface area contributed by atoms with E-state index in [1.807, 2.05) is 0 Å². The predicted octanol–water partition coefficient (Wildman–Crippen LogP) is 0.0575. The average molecular weight is 158 g/mol. The number of nitrogens with two attached hydrogens (primary N) is 1. The van der Waals surface area contributed by atoms with Gasteiger partial charge in [-0.1, -0.05) is 0 Å². The quantitative estimate of drug-likeness (QED) is 0.631. The summed E-state index contributed by atoms with van der Waals surface area (Å²) in [5.74, 6) is 0. The van der Waals surface area contributed by atoms with Gasteiger partial charge in [0.2, 0.25) is 0 Å². The summed E-state index contributed by atoms with van der Waals surface area (Å²) in [6.07, 6.45) is 2.28. The second-order valence-corrected chi connectivity index (χ2v) is 2.95. The smallest absolute Gasteiger partial charge is 0.0593 e. The van der Waals surface area contributed by atoms with Gasteiger partial charge < -0.3 is 15.4 Å². The second kappa shape index (κ2) is 5.52. The molecule has 1 aliphatic heterocycles. The van der Waals surface area contributed by atoms with Crippen molar-refractivity contribution in [2.24, 2.45) is 5.73 Å². The highest BCUT2D eigenvalue weighted by Crippen LogP contribution is 1.98. The lowest BCUT2D eigenvalue weighted by molar-refractivity contribution is 0.141. The molecule has 1 fully saturated rings. The molecule has 1 heterocycles. The molecule has 0 unspecified atom stereocenters. The first-order valence-electron chi connectivity index (χ1n) is 4.43. The first-order chi connectivity index (χ1) is 5.43. The van der Waals surface area contributed by atoms with Crippen molar-refractivity contribution in [3.63, 3.8) is 0 Å². The zero-order valence-corrected chi connectivity index (χ0v) is 7.09. The normalized spacial score (nSPS) is 21.5. The Hall–Kier alpha value is -0.120.